The molecule has 0 radical (unpaired) electrons. The summed E-state index contributed by atoms with van der Waals surface area (Å²) in [7, 11) is 0. The van der Waals surface area contributed by atoms with Gasteiger partial charge in [0.25, 0.3) is 0 Å². The maximum Gasteiger partial charge on any atom is 0.157 e. The van der Waals surface area contributed by atoms with Crippen molar-refractivity contribution in [2.24, 2.45) is 0 Å². The van der Waals surface area contributed by atoms with E-state index in [-0.39, 0.29) is 0 Å². The SMILES string of the molecule is Nc1c(N2CCOCC2)ncnc1N1CCN(c2cccc(Cl)c2)CC1. The molecule has 7 nitrogen and oxygen atoms in total. The monoisotopic (exact) mass is 374 g/mol. The van der Waals surface area contributed by atoms with Gasteiger partial charge in [-0.25, -0.2) is 9.97 Å². The van der Waals surface area contributed by atoms with Crippen LogP contribution in [0.15, 0.2) is 30.6 Å². The Morgan fingerprint density at radius 2 is 1.50 bits per heavy atom. The Hall–Kier alpha value is -2.25. The van der Waals surface area contributed by atoms with Gasteiger partial charge in [-0.1, -0.05) is 17.7 Å². The molecule has 2 aliphatic rings. The van der Waals surface area contributed by atoms with Gasteiger partial charge in [0.2, 0.25) is 0 Å². The molecular formula is C18H23ClN6O. The minimum absolute atomic E-state index is 0.658. The van der Waals surface area contributed by atoms with E-state index >= 15 is 0 Å². The van der Waals surface area contributed by atoms with E-state index in [1.54, 1.807) is 6.33 Å². The molecule has 2 N–H and O–H groups in total. The van der Waals surface area contributed by atoms with Gasteiger partial charge >= 0.3 is 0 Å². The number of halogens is 1. The summed E-state index contributed by atoms with van der Waals surface area (Å²) < 4.78 is 5.42. The third-order valence-electron chi connectivity index (χ3n) is 4.91. The normalized spacial score (nSPS) is 18.3. The summed E-state index contributed by atoms with van der Waals surface area (Å²) in [5.41, 5.74) is 8.24. The van der Waals surface area contributed by atoms with Crippen LogP contribution in [0.1, 0.15) is 0 Å². The number of rotatable bonds is 3. The van der Waals surface area contributed by atoms with Gasteiger partial charge in [-0.05, 0) is 18.2 Å². The van der Waals surface area contributed by atoms with Crippen LogP contribution in [0.3, 0.4) is 0 Å². The molecule has 4 rings (SSSR count). The first-order valence-corrected chi connectivity index (χ1v) is 9.29. The minimum Gasteiger partial charge on any atom is -0.393 e. The predicted molar refractivity (Wildman–Crippen MR) is 105 cm³/mol. The van der Waals surface area contributed by atoms with E-state index in [2.05, 4.69) is 30.7 Å². The summed E-state index contributed by atoms with van der Waals surface area (Å²) in [6, 6.07) is 7.99. The van der Waals surface area contributed by atoms with Crippen LogP contribution in [-0.2, 0) is 4.74 Å². The van der Waals surface area contributed by atoms with Crippen LogP contribution in [0, 0.1) is 0 Å². The third kappa shape index (κ3) is 3.50. The van der Waals surface area contributed by atoms with Crippen molar-refractivity contribution >= 4 is 34.6 Å². The van der Waals surface area contributed by atoms with Crippen molar-refractivity contribution < 1.29 is 4.74 Å². The lowest BCUT2D eigenvalue weighted by molar-refractivity contribution is 0.122. The largest absolute Gasteiger partial charge is 0.393 e. The lowest BCUT2D eigenvalue weighted by Crippen LogP contribution is -2.47. The number of benzene rings is 1. The Bertz CT molecular complexity index is 759. The summed E-state index contributed by atoms with van der Waals surface area (Å²) in [6.45, 7) is 6.54. The van der Waals surface area contributed by atoms with Crippen molar-refractivity contribution in [3.63, 3.8) is 0 Å². The van der Waals surface area contributed by atoms with Crippen LogP contribution >= 0.6 is 11.6 Å². The highest BCUT2D eigenvalue weighted by Gasteiger charge is 2.24. The fraction of sp³-hybridized carbons (Fsp3) is 0.444. The van der Waals surface area contributed by atoms with Crippen LogP contribution < -0.4 is 20.4 Å². The van der Waals surface area contributed by atoms with E-state index in [1.807, 2.05) is 18.2 Å². The van der Waals surface area contributed by atoms with Crippen molar-refractivity contribution in [2.45, 2.75) is 0 Å². The molecule has 0 amide bonds. The highest BCUT2D eigenvalue weighted by atomic mass is 35.5. The Labute approximate surface area is 158 Å². The molecule has 0 spiro atoms. The first kappa shape index (κ1) is 17.2. The zero-order valence-corrected chi connectivity index (χ0v) is 15.4. The second kappa shape index (κ2) is 7.55. The number of aromatic nitrogens is 2. The van der Waals surface area contributed by atoms with Gasteiger partial charge in [-0.2, -0.15) is 0 Å². The maximum atomic E-state index is 6.43. The molecule has 2 fully saturated rings. The van der Waals surface area contributed by atoms with Crippen molar-refractivity contribution in [3.8, 4) is 0 Å². The summed E-state index contributed by atoms with van der Waals surface area (Å²) in [4.78, 5) is 15.6. The van der Waals surface area contributed by atoms with Crippen molar-refractivity contribution in [3.05, 3.63) is 35.6 Å². The van der Waals surface area contributed by atoms with E-state index < -0.39 is 0 Å². The number of nitrogen functional groups attached to an aromatic ring is 1. The van der Waals surface area contributed by atoms with Crippen molar-refractivity contribution in [2.75, 3.05) is 72.9 Å². The van der Waals surface area contributed by atoms with Crippen molar-refractivity contribution in [1.29, 1.82) is 0 Å². The fourth-order valence-corrected chi connectivity index (χ4v) is 3.69. The highest BCUT2D eigenvalue weighted by molar-refractivity contribution is 6.30. The molecule has 0 saturated carbocycles. The van der Waals surface area contributed by atoms with E-state index in [0.717, 1.165) is 61.6 Å². The van der Waals surface area contributed by atoms with Gasteiger partial charge < -0.3 is 25.2 Å². The Balaban J connectivity index is 1.47. The van der Waals surface area contributed by atoms with Crippen LogP contribution in [0.5, 0.6) is 0 Å². The Kier molecular flexibility index (Phi) is 4.99. The smallest absolute Gasteiger partial charge is 0.157 e. The van der Waals surface area contributed by atoms with Gasteiger partial charge in [-0.15, -0.1) is 0 Å². The Morgan fingerprint density at radius 1 is 0.885 bits per heavy atom. The summed E-state index contributed by atoms with van der Waals surface area (Å²) in [5.74, 6) is 1.64. The molecule has 0 atom stereocenters. The average molecular weight is 375 g/mol. The molecular weight excluding hydrogens is 352 g/mol. The molecule has 1 aromatic heterocycles. The number of nitrogens with two attached hydrogens (primary N) is 1. The number of hydrogen-bond donors (Lipinski definition) is 1. The average Bonchev–Trinajstić information content (AvgIpc) is 2.69. The standard InChI is InChI=1S/C18H23ClN6O/c19-14-2-1-3-15(12-14)23-4-6-24(7-5-23)17-16(20)18(22-13-21-17)25-8-10-26-11-9-25/h1-3,12-13H,4-11,20H2. The highest BCUT2D eigenvalue weighted by Crippen LogP contribution is 2.30. The van der Waals surface area contributed by atoms with Gasteiger partial charge in [0.15, 0.2) is 11.6 Å². The number of nitrogens with zero attached hydrogens (tertiary/aromatic N) is 5. The van der Waals surface area contributed by atoms with Crippen LogP contribution in [-0.4, -0.2) is 62.5 Å². The quantitative estimate of drug-likeness (QED) is 0.879. The summed E-state index contributed by atoms with van der Waals surface area (Å²) >= 11 is 6.12. The first-order valence-electron chi connectivity index (χ1n) is 8.91. The van der Waals surface area contributed by atoms with Gasteiger partial charge in [0, 0.05) is 50.0 Å². The first-order chi connectivity index (χ1) is 12.7. The fourth-order valence-electron chi connectivity index (χ4n) is 3.51. The van der Waals surface area contributed by atoms with Crippen LogP contribution in [0.2, 0.25) is 5.02 Å². The lowest BCUT2D eigenvalue weighted by atomic mass is 10.2. The number of morpholine rings is 1. The molecule has 1 aromatic carbocycles. The van der Waals surface area contributed by atoms with E-state index in [9.17, 15) is 0 Å². The van der Waals surface area contributed by atoms with Gasteiger partial charge in [-0.3, -0.25) is 0 Å². The zero-order valence-electron chi connectivity index (χ0n) is 14.6. The molecule has 2 aromatic rings. The second-order valence-electron chi connectivity index (χ2n) is 6.49. The molecule has 0 unspecified atom stereocenters. The molecule has 2 aliphatic heterocycles. The van der Waals surface area contributed by atoms with E-state index in [1.165, 1.54) is 0 Å². The van der Waals surface area contributed by atoms with Gasteiger partial charge in [0.1, 0.15) is 12.0 Å². The van der Waals surface area contributed by atoms with Gasteiger partial charge in [0.05, 0.1) is 13.2 Å². The minimum atomic E-state index is 0.658. The number of ether oxygens (including phenoxy) is 1. The molecule has 8 heteroatoms. The molecule has 2 saturated heterocycles. The zero-order chi connectivity index (χ0) is 17.9. The predicted octanol–water partition coefficient (Wildman–Crippen LogP) is 1.88. The summed E-state index contributed by atoms with van der Waals surface area (Å²) in [6.07, 6.45) is 1.61. The third-order valence-corrected chi connectivity index (χ3v) is 5.14. The Morgan fingerprint density at radius 3 is 2.15 bits per heavy atom. The molecule has 138 valence electrons. The maximum absolute atomic E-state index is 6.43. The molecule has 0 bridgehead atoms. The van der Waals surface area contributed by atoms with Crippen molar-refractivity contribution in [1.82, 2.24) is 9.97 Å². The number of piperazine rings is 1. The topological polar surface area (TPSA) is 70.7 Å². The van der Waals surface area contributed by atoms with Crippen LogP contribution in [0.25, 0.3) is 0 Å². The lowest BCUT2D eigenvalue weighted by Gasteiger charge is -2.37. The molecule has 0 aliphatic carbocycles. The van der Waals surface area contributed by atoms with Crippen LogP contribution in [0.4, 0.5) is 23.0 Å². The number of anilines is 4. The van der Waals surface area contributed by atoms with E-state index in [0.29, 0.717) is 18.9 Å². The molecule has 3 heterocycles. The summed E-state index contributed by atoms with van der Waals surface area (Å²) in [5, 5.41) is 0.764. The number of hydrogen-bond acceptors (Lipinski definition) is 7. The molecule has 26 heavy (non-hydrogen) atoms. The second-order valence-corrected chi connectivity index (χ2v) is 6.92. The van der Waals surface area contributed by atoms with E-state index in [4.69, 9.17) is 22.1 Å².